The van der Waals surface area contributed by atoms with Gasteiger partial charge in [0.25, 0.3) is 0 Å². The molecular weight excluding hydrogens is 304 g/mol. The van der Waals surface area contributed by atoms with Crippen LogP contribution in [-0.4, -0.2) is 43.4 Å². The standard InChI is InChI=1S/C17H24N6O/c1-13(14-2-3-14)23-16(4-7-19-23)20-17(24)21-9-5-15(6-10-21)22-11-8-18-12-22/h4,7-8,11-15H,2-3,5-6,9-10H2,1H3,(H,20,24). The average Bonchev–Trinajstić information content (AvgIpc) is 3.11. The Morgan fingerprint density at radius 1 is 1.25 bits per heavy atom. The minimum atomic E-state index is -0.0242. The Morgan fingerprint density at radius 2 is 2.04 bits per heavy atom. The van der Waals surface area contributed by atoms with Gasteiger partial charge in [-0.25, -0.2) is 14.5 Å². The molecule has 4 rings (SSSR count). The van der Waals surface area contributed by atoms with Crippen molar-refractivity contribution in [3.8, 4) is 0 Å². The monoisotopic (exact) mass is 328 g/mol. The molecule has 1 aliphatic carbocycles. The highest BCUT2D eigenvalue weighted by molar-refractivity contribution is 5.88. The second-order valence-electron chi connectivity index (χ2n) is 6.90. The summed E-state index contributed by atoms with van der Waals surface area (Å²) < 4.78 is 4.09. The Hall–Kier alpha value is -2.31. The molecule has 2 aromatic rings. The number of aromatic nitrogens is 4. The van der Waals surface area contributed by atoms with E-state index in [1.807, 2.05) is 28.2 Å². The van der Waals surface area contributed by atoms with Crippen LogP contribution in [0, 0.1) is 5.92 Å². The molecule has 2 aromatic heterocycles. The van der Waals surface area contributed by atoms with E-state index in [-0.39, 0.29) is 6.03 Å². The summed E-state index contributed by atoms with van der Waals surface area (Å²) in [6.45, 7) is 3.71. The third-order valence-corrected chi connectivity index (χ3v) is 5.29. The van der Waals surface area contributed by atoms with Crippen molar-refractivity contribution in [2.45, 2.75) is 44.7 Å². The largest absolute Gasteiger partial charge is 0.334 e. The lowest BCUT2D eigenvalue weighted by Crippen LogP contribution is -2.41. The topological polar surface area (TPSA) is 68.0 Å². The van der Waals surface area contributed by atoms with Crippen LogP contribution in [-0.2, 0) is 0 Å². The van der Waals surface area contributed by atoms with Gasteiger partial charge < -0.3 is 9.47 Å². The summed E-state index contributed by atoms with van der Waals surface area (Å²) in [6, 6.07) is 2.65. The van der Waals surface area contributed by atoms with Crippen molar-refractivity contribution in [1.82, 2.24) is 24.2 Å². The van der Waals surface area contributed by atoms with Gasteiger partial charge in [0, 0.05) is 37.6 Å². The van der Waals surface area contributed by atoms with Crippen LogP contribution in [0.3, 0.4) is 0 Å². The molecule has 7 nitrogen and oxygen atoms in total. The Morgan fingerprint density at radius 3 is 2.71 bits per heavy atom. The van der Waals surface area contributed by atoms with E-state index in [9.17, 15) is 4.79 Å². The fraction of sp³-hybridized carbons (Fsp3) is 0.588. The Bertz CT molecular complexity index is 682. The lowest BCUT2D eigenvalue weighted by Gasteiger charge is -2.32. The van der Waals surface area contributed by atoms with Crippen LogP contribution in [0.2, 0.25) is 0 Å². The lowest BCUT2D eigenvalue weighted by molar-refractivity contribution is 0.183. The fourth-order valence-electron chi connectivity index (χ4n) is 3.56. The van der Waals surface area contributed by atoms with Gasteiger partial charge in [-0.05, 0) is 38.5 Å². The molecule has 3 heterocycles. The molecule has 128 valence electrons. The number of nitrogens with zero attached hydrogens (tertiary/aromatic N) is 5. The molecule has 24 heavy (non-hydrogen) atoms. The summed E-state index contributed by atoms with van der Waals surface area (Å²) in [5, 5.41) is 7.44. The number of likely N-dealkylation sites (tertiary alicyclic amines) is 1. The van der Waals surface area contributed by atoms with E-state index in [1.165, 1.54) is 12.8 Å². The number of anilines is 1. The third kappa shape index (κ3) is 3.02. The molecule has 2 amide bonds. The third-order valence-electron chi connectivity index (χ3n) is 5.29. The Kier molecular flexibility index (Phi) is 4.00. The minimum Gasteiger partial charge on any atom is -0.334 e. The number of rotatable bonds is 4. The summed E-state index contributed by atoms with van der Waals surface area (Å²) in [7, 11) is 0. The highest BCUT2D eigenvalue weighted by Crippen LogP contribution is 2.40. The van der Waals surface area contributed by atoms with E-state index in [0.29, 0.717) is 18.0 Å². The van der Waals surface area contributed by atoms with Crippen LogP contribution in [0.4, 0.5) is 10.6 Å². The first kappa shape index (κ1) is 15.2. The number of amides is 2. The first-order valence-corrected chi connectivity index (χ1v) is 8.79. The van der Waals surface area contributed by atoms with Gasteiger partial charge in [-0.2, -0.15) is 5.10 Å². The molecule has 0 spiro atoms. The number of carbonyl (C=O) groups is 1. The number of piperidine rings is 1. The van der Waals surface area contributed by atoms with Crippen molar-refractivity contribution in [3.05, 3.63) is 31.0 Å². The van der Waals surface area contributed by atoms with Gasteiger partial charge in [0.05, 0.1) is 18.6 Å². The highest BCUT2D eigenvalue weighted by Gasteiger charge is 2.31. The number of carbonyl (C=O) groups excluding carboxylic acids is 1. The quantitative estimate of drug-likeness (QED) is 0.938. The Balaban J connectivity index is 1.35. The lowest BCUT2D eigenvalue weighted by atomic mass is 10.1. The molecule has 1 saturated carbocycles. The molecule has 1 N–H and O–H groups in total. The summed E-state index contributed by atoms with van der Waals surface area (Å²) in [6.07, 6.45) is 11.9. The van der Waals surface area contributed by atoms with Crippen LogP contribution < -0.4 is 5.32 Å². The Labute approximate surface area is 141 Å². The molecule has 0 aromatic carbocycles. The predicted octanol–water partition coefficient (Wildman–Crippen LogP) is 2.92. The van der Waals surface area contributed by atoms with Gasteiger partial charge in [-0.15, -0.1) is 0 Å². The first-order chi connectivity index (χ1) is 11.7. The summed E-state index contributed by atoms with van der Waals surface area (Å²) in [4.78, 5) is 18.6. The smallest absolute Gasteiger partial charge is 0.323 e. The van der Waals surface area contributed by atoms with Crippen molar-refractivity contribution in [3.63, 3.8) is 0 Å². The maximum absolute atomic E-state index is 12.6. The zero-order valence-corrected chi connectivity index (χ0v) is 14.0. The van der Waals surface area contributed by atoms with Gasteiger partial charge >= 0.3 is 6.03 Å². The second kappa shape index (κ2) is 6.30. The van der Waals surface area contributed by atoms with Crippen LogP contribution in [0.1, 0.15) is 44.7 Å². The molecule has 2 aliphatic rings. The highest BCUT2D eigenvalue weighted by atomic mass is 16.2. The summed E-state index contributed by atoms with van der Waals surface area (Å²) >= 11 is 0. The predicted molar refractivity (Wildman–Crippen MR) is 90.8 cm³/mol. The first-order valence-electron chi connectivity index (χ1n) is 8.79. The van der Waals surface area contributed by atoms with Crippen molar-refractivity contribution in [2.24, 2.45) is 5.92 Å². The molecule has 1 saturated heterocycles. The SMILES string of the molecule is CC(C1CC1)n1nccc1NC(=O)N1CCC(n2ccnc2)CC1. The fourth-order valence-corrected chi connectivity index (χ4v) is 3.56. The number of hydrogen-bond donors (Lipinski definition) is 1. The van der Waals surface area contributed by atoms with Crippen molar-refractivity contribution < 1.29 is 4.79 Å². The summed E-state index contributed by atoms with van der Waals surface area (Å²) in [5.74, 6) is 1.50. The van der Waals surface area contributed by atoms with Gasteiger partial charge in [0.1, 0.15) is 5.82 Å². The van der Waals surface area contributed by atoms with Crippen molar-refractivity contribution in [1.29, 1.82) is 0 Å². The summed E-state index contributed by atoms with van der Waals surface area (Å²) in [5.41, 5.74) is 0. The van der Waals surface area contributed by atoms with E-state index >= 15 is 0 Å². The molecule has 2 fully saturated rings. The average molecular weight is 328 g/mol. The van der Waals surface area contributed by atoms with Crippen LogP contribution in [0.25, 0.3) is 0 Å². The number of urea groups is 1. The van der Waals surface area contributed by atoms with Crippen molar-refractivity contribution in [2.75, 3.05) is 18.4 Å². The molecule has 1 aliphatic heterocycles. The normalized spacial score (nSPS) is 20.1. The molecule has 1 unspecified atom stereocenters. The number of hydrogen-bond acceptors (Lipinski definition) is 3. The van der Waals surface area contributed by atoms with Gasteiger partial charge in [-0.1, -0.05) is 0 Å². The van der Waals surface area contributed by atoms with Crippen LogP contribution >= 0.6 is 0 Å². The minimum absolute atomic E-state index is 0.0242. The van der Waals surface area contributed by atoms with Crippen molar-refractivity contribution >= 4 is 11.8 Å². The van der Waals surface area contributed by atoms with Gasteiger partial charge in [-0.3, -0.25) is 5.32 Å². The van der Waals surface area contributed by atoms with E-state index < -0.39 is 0 Å². The molecular formula is C17H24N6O. The maximum atomic E-state index is 12.6. The molecule has 0 bridgehead atoms. The van der Waals surface area contributed by atoms with E-state index in [4.69, 9.17) is 0 Å². The molecule has 1 atom stereocenters. The number of nitrogens with one attached hydrogen (secondary N) is 1. The zero-order chi connectivity index (χ0) is 16.5. The van der Waals surface area contributed by atoms with E-state index in [1.54, 1.807) is 12.4 Å². The van der Waals surface area contributed by atoms with Crippen LogP contribution in [0.5, 0.6) is 0 Å². The molecule has 7 heteroatoms. The van der Waals surface area contributed by atoms with Gasteiger partial charge in [0.2, 0.25) is 0 Å². The second-order valence-corrected chi connectivity index (χ2v) is 6.90. The van der Waals surface area contributed by atoms with Crippen LogP contribution in [0.15, 0.2) is 31.0 Å². The van der Waals surface area contributed by atoms with Gasteiger partial charge in [0.15, 0.2) is 0 Å². The zero-order valence-electron chi connectivity index (χ0n) is 14.0. The maximum Gasteiger partial charge on any atom is 0.323 e. The number of imidazole rings is 1. The van der Waals surface area contributed by atoms with E-state index in [0.717, 1.165) is 31.7 Å². The van der Waals surface area contributed by atoms with E-state index in [2.05, 4.69) is 26.9 Å². The molecule has 0 radical (unpaired) electrons.